The van der Waals surface area contributed by atoms with Crippen LogP contribution in [0.4, 0.5) is 18.9 Å². The van der Waals surface area contributed by atoms with Crippen LogP contribution in [0.15, 0.2) is 53.6 Å². The Bertz CT molecular complexity index is 864. The Kier molecular flexibility index (Phi) is 5.61. The summed E-state index contributed by atoms with van der Waals surface area (Å²) < 4.78 is 36.9. The molecule has 0 radical (unpaired) electrons. The average Bonchev–Trinajstić information content (AvgIpc) is 2.59. The fourth-order valence-electron chi connectivity index (χ4n) is 1.95. The highest BCUT2D eigenvalue weighted by molar-refractivity contribution is 6.03. The Morgan fingerprint density at radius 3 is 2.42 bits per heavy atom. The average molecular weight is 365 g/mol. The molecule has 0 spiro atoms. The molecule has 0 saturated carbocycles. The lowest BCUT2D eigenvalue weighted by Gasteiger charge is -2.09. The second kappa shape index (κ2) is 7.68. The summed E-state index contributed by atoms with van der Waals surface area (Å²) in [5.74, 6) is -2.95. The highest BCUT2D eigenvalue weighted by Gasteiger charge is 2.38. The number of anilines is 1. The minimum absolute atomic E-state index is 0.0234. The molecule has 2 rings (SSSR count). The highest BCUT2D eigenvalue weighted by atomic mass is 19.4. The predicted molar refractivity (Wildman–Crippen MR) is 88.9 cm³/mol. The molecule has 136 valence electrons. The summed E-state index contributed by atoms with van der Waals surface area (Å²) in [5.41, 5.74) is 2.88. The summed E-state index contributed by atoms with van der Waals surface area (Å²) in [5, 5.41) is 15.2. The van der Waals surface area contributed by atoms with Gasteiger partial charge in [-0.3, -0.25) is 9.59 Å². The number of halogens is 3. The van der Waals surface area contributed by atoms with Gasteiger partial charge in [-0.15, -0.1) is 0 Å². The number of alkyl halides is 3. The molecule has 2 amide bonds. The van der Waals surface area contributed by atoms with Crippen LogP contribution in [0.1, 0.15) is 22.8 Å². The lowest BCUT2D eigenvalue weighted by atomic mass is 10.1. The number of carbonyl (C=O) groups is 2. The van der Waals surface area contributed by atoms with Crippen molar-refractivity contribution in [1.82, 2.24) is 5.43 Å². The lowest BCUT2D eigenvalue weighted by Crippen LogP contribution is -2.29. The number of aromatic hydroxyl groups is 1. The number of phenols is 1. The van der Waals surface area contributed by atoms with E-state index in [9.17, 15) is 27.9 Å². The van der Waals surface area contributed by atoms with Gasteiger partial charge in [0.15, 0.2) is 0 Å². The van der Waals surface area contributed by atoms with E-state index >= 15 is 0 Å². The zero-order chi connectivity index (χ0) is 19.3. The molecule has 0 atom stereocenters. The quantitative estimate of drug-likeness (QED) is 0.575. The third-order valence-electron chi connectivity index (χ3n) is 3.27. The zero-order valence-corrected chi connectivity index (χ0v) is 13.5. The molecule has 0 aliphatic carbocycles. The van der Waals surface area contributed by atoms with Crippen LogP contribution in [-0.2, 0) is 4.79 Å². The number of carbonyl (C=O) groups excluding carboxylic acids is 2. The van der Waals surface area contributed by atoms with E-state index in [0.717, 1.165) is 0 Å². The second-order valence-corrected chi connectivity index (χ2v) is 5.19. The molecular weight excluding hydrogens is 351 g/mol. The maximum absolute atomic E-state index is 12.3. The van der Waals surface area contributed by atoms with Gasteiger partial charge in [-0.05, 0) is 36.8 Å². The van der Waals surface area contributed by atoms with Crippen molar-refractivity contribution in [3.8, 4) is 5.75 Å². The van der Waals surface area contributed by atoms with Gasteiger partial charge in [-0.2, -0.15) is 18.3 Å². The first-order valence-electron chi connectivity index (χ1n) is 7.29. The molecule has 6 nitrogen and oxygen atoms in total. The van der Waals surface area contributed by atoms with E-state index in [1.807, 2.05) is 0 Å². The van der Waals surface area contributed by atoms with Crippen LogP contribution in [0.3, 0.4) is 0 Å². The van der Waals surface area contributed by atoms with Crippen LogP contribution < -0.4 is 10.7 Å². The van der Waals surface area contributed by atoms with Gasteiger partial charge in [-0.25, -0.2) is 5.43 Å². The van der Waals surface area contributed by atoms with Gasteiger partial charge in [0.25, 0.3) is 5.91 Å². The van der Waals surface area contributed by atoms with Gasteiger partial charge in [0.2, 0.25) is 0 Å². The second-order valence-electron chi connectivity index (χ2n) is 5.19. The maximum atomic E-state index is 12.3. The van der Waals surface area contributed by atoms with Crippen LogP contribution in [0.5, 0.6) is 5.75 Å². The van der Waals surface area contributed by atoms with Gasteiger partial charge >= 0.3 is 12.1 Å². The van der Waals surface area contributed by atoms with Crippen molar-refractivity contribution in [3.05, 3.63) is 59.7 Å². The van der Waals surface area contributed by atoms with E-state index < -0.39 is 18.0 Å². The van der Waals surface area contributed by atoms with Crippen molar-refractivity contribution >= 4 is 23.2 Å². The van der Waals surface area contributed by atoms with Gasteiger partial charge in [-0.1, -0.05) is 24.3 Å². The molecule has 0 saturated heterocycles. The largest absolute Gasteiger partial charge is 0.507 e. The lowest BCUT2D eigenvalue weighted by molar-refractivity contribution is -0.167. The molecule has 9 heteroatoms. The number of amides is 2. The summed E-state index contributed by atoms with van der Waals surface area (Å²) in [4.78, 5) is 22.9. The number of nitrogens with one attached hydrogen (secondary N) is 2. The maximum Gasteiger partial charge on any atom is 0.471 e. The van der Waals surface area contributed by atoms with Gasteiger partial charge in [0.05, 0.1) is 11.3 Å². The Morgan fingerprint density at radius 1 is 1.08 bits per heavy atom. The monoisotopic (exact) mass is 365 g/mol. The van der Waals surface area contributed by atoms with E-state index in [1.165, 1.54) is 37.3 Å². The van der Waals surface area contributed by atoms with Crippen molar-refractivity contribution in [2.24, 2.45) is 5.10 Å². The minimum atomic E-state index is -5.00. The van der Waals surface area contributed by atoms with Gasteiger partial charge in [0, 0.05) is 5.69 Å². The molecule has 0 heterocycles. The molecule has 2 aromatic rings. The number of benzene rings is 2. The van der Waals surface area contributed by atoms with Crippen molar-refractivity contribution in [2.45, 2.75) is 13.1 Å². The number of nitrogens with zero attached hydrogens (tertiary/aromatic N) is 1. The normalized spacial score (nSPS) is 11.8. The standard InChI is InChI=1S/C17H14F3N3O3/c1-10(22-23-15(25)13-7-2-3-8-14(13)24)11-5-4-6-12(9-11)21-16(26)17(18,19)20/h2-9,24H,1H3,(H,21,26)(H,23,25)/b22-10-. The van der Waals surface area contributed by atoms with Gasteiger partial charge < -0.3 is 10.4 Å². The third-order valence-corrected chi connectivity index (χ3v) is 3.27. The third kappa shape index (κ3) is 4.82. The van der Waals surface area contributed by atoms with E-state index in [-0.39, 0.29) is 22.7 Å². The summed E-state index contributed by atoms with van der Waals surface area (Å²) in [6, 6.07) is 11.4. The fraction of sp³-hybridized carbons (Fsp3) is 0.118. The Balaban J connectivity index is 2.12. The number of para-hydroxylation sites is 1. The van der Waals surface area contributed by atoms with E-state index in [4.69, 9.17) is 0 Å². The SMILES string of the molecule is C/C(=N/NC(=O)c1ccccc1O)c1cccc(NC(=O)C(F)(F)F)c1. The van der Waals surface area contributed by atoms with Crippen LogP contribution >= 0.6 is 0 Å². The summed E-state index contributed by atoms with van der Waals surface area (Å²) >= 11 is 0. The number of hydrogen-bond acceptors (Lipinski definition) is 4. The van der Waals surface area contributed by atoms with Crippen molar-refractivity contribution in [2.75, 3.05) is 5.32 Å². The Hall–Kier alpha value is -3.36. The fourth-order valence-corrected chi connectivity index (χ4v) is 1.95. The summed E-state index contributed by atoms with van der Waals surface area (Å²) in [6.07, 6.45) is -5.00. The highest BCUT2D eigenvalue weighted by Crippen LogP contribution is 2.19. The summed E-state index contributed by atoms with van der Waals surface area (Å²) in [6.45, 7) is 1.52. The molecule has 0 bridgehead atoms. The predicted octanol–water partition coefficient (Wildman–Crippen LogP) is 3.05. The minimum Gasteiger partial charge on any atom is -0.507 e. The first-order chi connectivity index (χ1) is 12.2. The molecule has 0 fully saturated rings. The van der Waals surface area contributed by atoms with E-state index in [1.54, 1.807) is 23.5 Å². The van der Waals surface area contributed by atoms with Crippen molar-refractivity contribution in [1.29, 1.82) is 0 Å². The number of hydrazone groups is 1. The number of phenolic OH excluding ortho intramolecular Hbond substituents is 1. The van der Waals surface area contributed by atoms with E-state index in [2.05, 4.69) is 10.5 Å². The molecule has 2 aromatic carbocycles. The molecule has 0 aliphatic heterocycles. The Morgan fingerprint density at radius 2 is 1.77 bits per heavy atom. The Labute approximate surface area is 146 Å². The van der Waals surface area contributed by atoms with E-state index in [0.29, 0.717) is 5.56 Å². The first-order valence-corrected chi connectivity index (χ1v) is 7.29. The van der Waals surface area contributed by atoms with Crippen LogP contribution in [-0.4, -0.2) is 28.8 Å². The number of hydrogen-bond donors (Lipinski definition) is 3. The van der Waals surface area contributed by atoms with Crippen LogP contribution in [0.2, 0.25) is 0 Å². The topological polar surface area (TPSA) is 90.8 Å². The molecule has 0 aliphatic rings. The molecule has 26 heavy (non-hydrogen) atoms. The molecule has 3 N–H and O–H groups in total. The molecule has 0 unspecified atom stereocenters. The van der Waals surface area contributed by atoms with Gasteiger partial charge in [0.1, 0.15) is 5.75 Å². The number of rotatable bonds is 4. The van der Waals surface area contributed by atoms with Crippen LogP contribution in [0.25, 0.3) is 0 Å². The van der Waals surface area contributed by atoms with Crippen molar-refractivity contribution < 1.29 is 27.9 Å². The molecular formula is C17H14F3N3O3. The van der Waals surface area contributed by atoms with Crippen LogP contribution in [0, 0.1) is 0 Å². The zero-order valence-electron chi connectivity index (χ0n) is 13.5. The summed E-state index contributed by atoms with van der Waals surface area (Å²) in [7, 11) is 0. The smallest absolute Gasteiger partial charge is 0.471 e. The van der Waals surface area contributed by atoms with Crippen molar-refractivity contribution in [3.63, 3.8) is 0 Å². The first kappa shape index (κ1) is 19.0. The molecule has 0 aromatic heterocycles.